The van der Waals surface area contributed by atoms with Crippen molar-refractivity contribution in [3.8, 4) is 0 Å². The van der Waals surface area contributed by atoms with Crippen molar-refractivity contribution in [3.05, 3.63) is 52.1 Å². The van der Waals surface area contributed by atoms with Crippen LogP contribution in [0.25, 0.3) is 5.57 Å². The lowest BCUT2D eigenvalue weighted by atomic mass is 9.68. The summed E-state index contributed by atoms with van der Waals surface area (Å²) in [5, 5.41) is 0. The number of hydrogen-bond acceptors (Lipinski definition) is 1. The Bertz CT molecular complexity index is 1460. The van der Waals surface area contributed by atoms with E-state index in [0.29, 0.717) is 5.41 Å². The van der Waals surface area contributed by atoms with Crippen LogP contribution >= 0.6 is 0 Å². The van der Waals surface area contributed by atoms with Crippen LogP contribution in [-0.4, -0.2) is 44.7 Å². The molecule has 5 aliphatic carbocycles. The second-order valence-electron chi connectivity index (χ2n) is 22.1. The Kier molecular flexibility index (Phi) is 15.4. The standard InChI is InChI=1S/C53H91N2Si/c1-10-13-16-17-18-19-20-21-22-23-24-28-33-52(4)40-43-37-48-47-36-42-31-32-51(56(8,9)54(55(5,6)7)45-29-26-25-27-30-45)46(42)39-50(47)53(34-14-11-2,35-15-12-3)49(48)38-44(43)41-52/h36-39,42,45-46,51H,10-35,40-41H2,1-9H3/q+1. The molecule has 0 heterocycles. The van der Waals surface area contributed by atoms with Crippen molar-refractivity contribution >= 4 is 13.8 Å². The summed E-state index contributed by atoms with van der Waals surface area (Å²) in [5.74, 6) is 1.44. The van der Waals surface area contributed by atoms with E-state index in [0.717, 1.165) is 28.0 Å². The van der Waals surface area contributed by atoms with Crippen LogP contribution in [0.3, 0.4) is 0 Å². The van der Waals surface area contributed by atoms with Gasteiger partial charge >= 0.3 is 0 Å². The third-order valence-corrected chi connectivity index (χ3v) is 20.9. The van der Waals surface area contributed by atoms with Gasteiger partial charge in [-0.1, -0.05) is 193 Å². The molecule has 1 aromatic rings. The van der Waals surface area contributed by atoms with Crippen molar-refractivity contribution in [1.82, 2.24) is 4.67 Å². The van der Waals surface area contributed by atoms with Gasteiger partial charge in [0.05, 0.1) is 21.1 Å². The van der Waals surface area contributed by atoms with Gasteiger partial charge in [-0.05, 0) is 108 Å². The number of quaternary nitrogens is 1. The first-order chi connectivity index (χ1) is 26.9. The number of allylic oxidation sites excluding steroid dienone is 4. The highest BCUT2D eigenvalue weighted by molar-refractivity contribution is 6.76. The lowest BCUT2D eigenvalue weighted by Crippen LogP contribution is -2.69. The number of hydrogen-bond donors (Lipinski definition) is 0. The van der Waals surface area contributed by atoms with E-state index in [2.05, 4.69) is 90.9 Å². The number of nitrogens with zero attached hydrogens (tertiary/aromatic N) is 2. The van der Waals surface area contributed by atoms with Crippen molar-refractivity contribution in [2.45, 2.75) is 238 Å². The first-order valence-electron chi connectivity index (χ1n) is 25.1. The molecule has 2 nitrogen and oxygen atoms in total. The van der Waals surface area contributed by atoms with Crippen LogP contribution in [0.4, 0.5) is 0 Å². The molecule has 56 heavy (non-hydrogen) atoms. The molecule has 5 aliphatic rings. The quantitative estimate of drug-likeness (QED) is 0.0462. The Morgan fingerprint density at radius 2 is 1.20 bits per heavy atom. The third-order valence-electron chi connectivity index (χ3n) is 16.3. The van der Waals surface area contributed by atoms with Crippen molar-refractivity contribution < 1.29 is 4.59 Å². The molecule has 6 rings (SSSR count). The summed E-state index contributed by atoms with van der Waals surface area (Å²) < 4.78 is 4.14. The molecule has 2 saturated carbocycles. The van der Waals surface area contributed by atoms with Crippen LogP contribution in [0.5, 0.6) is 0 Å². The lowest BCUT2D eigenvalue weighted by molar-refractivity contribution is -0.975. The van der Waals surface area contributed by atoms with Crippen LogP contribution < -0.4 is 0 Å². The van der Waals surface area contributed by atoms with Gasteiger partial charge in [0.25, 0.3) is 0 Å². The molecule has 0 aromatic heterocycles. The Labute approximate surface area is 349 Å². The van der Waals surface area contributed by atoms with Gasteiger partial charge < -0.3 is 0 Å². The SMILES string of the molecule is CCCCCCCCCCCCCCC1(C)Cc2cc3c(cc2C1)C(CCCC)(CCCC)C1=CC2C(C=C13)CCC2[Si](C)(C)N(C1CCCCC1)[N+](C)(C)C. The number of rotatable bonds is 23. The second kappa shape index (κ2) is 19.5. The first-order valence-corrected chi connectivity index (χ1v) is 28.1. The van der Waals surface area contributed by atoms with Gasteiger partial charge in [-0.2, -0.15) is 4.67 Å². The normalized spacial score (nSPS) is 25.9. The molecule has 0 radical (unpaired) electrons. The first kappa shape index (κ1) is 44.4. The number of fused-ring (bicyclic) bond motifs is 5. The van der Waals surface area contributed by atoms with Gasteiger partial charge in [-0.25, -0.2) is 0 Å². The van der Waals surface area contributed by atoms with Crippen molar-refractivity contribution in [1.29, 1.82) is 0 Å². The maximum Gasteiger partial charge on any atom is 0.190 e. The summed E-state index contributed by atoms with van der Waals surface area (Å²) >= 11 is 0. The smallest absolute Gasteiger partial charge is 0.190 e. The van der Waals surface area contributed by atoms with Crippen LogP contribution in [0, 0.1) is 17.3 Å². The Morgan fingerprint density at radius 1 is 0.643 bits per heavy atom. The molecule has 0 saturated heterocycles. The summed E-state index contributed by atoms with van der Waals surface area (Å²) in [5.41, 5.74) is 11.8. The van der Waals surface area contributed by atoms with Gasteiger partial charge in [0.1, 0.15) is 0 Å². The third kappa shape index (κ3) is 9.72. The second-order valence-corrected chi connectivity index (χ2v) is 26.6. The maximum atomic E-state index is 3.13. The molecule has 0 aliphatic heterocycles. The summed E-state index contributed by atoms with van der Waals surface area (Å²) in [6.45, 7) is 15.4. The monoisotopic (exact) mass is 784 g/mol. The molecule has 4 unspecified atom stereocenters. The molecule has 0 N–H and O–H groups in total. The van der Waals surface area contributed by atoms with Gasteiger partial charge in [-0.3, -0.25) is 4.59 Å². The van der Waals surface area contributed by atoms with Crippen molar-refractivity contribution in [2.75, 3.05) is 21.1 Å². The minimum absolute atomic E-state index is 0.212. The minimum Gasteiger partial charge on any atom is -0.258 e. The van der Waals surface area contributed by atoms with E-state index in [-0.39, 0.29) is 5.41 Å². The lowest BCUT2D eigenvalue weighted by Gasteiger charge is -2.53. The summed E-state index contributed by atoms with van der Waals surface area (Å²) in [6.07, 6.45) is 45.1. The molecule has 3 heteroatoms. The fourth-order valence-corrected chi connectivity index (χ4v) is 19.0. The minimum atomic E-state index is -1.78. The van der Waals surface area contributed by atoms with Crippen LogP contribution in [0.1, 0.15) is 217 Å². The van der Waals surface area contributed by atoms with Gasteiger partial charge in [0.2, 0.25) is 0 Å². The zero-order valence-electron chi connectivity index (χ0n) is 38.8. The van der Waals surface area contributed by atoms with E-state index < -0.39 is 8.24 Å². The Morgan fingerprint density at radius 3 is 1.77 bits per heavy atom. The van der Waals surface area contributed by atoms with Gasteiger partial charge in [-0.15, -0.1) is 0 Å². The molecule has 2 fully saturated rings. The van der Waals surface area contributed by atoms with E-state index in [1.165, 1.54) is 180 Å². The van der Waals surface area contributed by atoms with Crippen LogP contribution in [0.2, 0.25) is 18.6 Å². The molecule has 0 amide bonds. The van der Waals surface area contributed by atoms with Crippen molar-refractivity contribution in [3.63, 3.8) is 0 Å². The summed E-state index contributed by atoms with van der Waals surface area (Å²) in [6, 6.07) is 6.38. The Balaban J connectivity index is 1.19. The number of benzene rings is 1. The number of unbranched alkanes of at least 4 members (excludes halogenated alkanes) is 13. The fourth-order valence-electron chi connectivity index (χ4n) is 13.7. The molecular formula is C53H91N2Si+. The highest BCUT2D eigenvalue weighted by Crippen LogP contribution is 2.62. The molecule has 0 bridgehead atoms. The van der Waals surface area contributed by atoms with E-state index in [9.17, 15) is 0 Å². The summed E-state index contributed by atoms with van der Waals surface area (Å²) in [4.78, 5) is 0. The predicted octanol–water partition coefficient (Wildman–Crippen LogP) is 15.7. The average molecular weight is 784 g/mol. The zero-order valence-corrected chi connectivity index (χ0v) is 39.8. The predicted molar refractivity (Wildman–Crippen MR) is 249 cm³/mol. The highest BCUT2D eigenvalue weighted by Gasteiger charge is 2.56. The van der Waals surface area contributed by atoms with Gasteiger partial charge in [0.15, 0.2) is 8.24 Å². The molecule has 1 aromatic carbocycles. The van der Waals surface area contributed by atoms with Crippen LogP contribution in [0.15, 0.2) is 29.9 Å². The average Bonchev–Trinajstić information content (AvgIpc) is 3.81. The largest absolute Gasteiger partial charge is 0.258 e. The van der Waals surface area contributed by atoms with Crippen molar-refractivity contribution in [2.24, 2.45) is 17.3 Å². The maximum absolute atomic E-state index is 3.13. The van der Waals surface area contributed by atoms with E-state index in [1.807, 2.05) is 0 Å². The molecular weight excluding hydrogens is 693 g/mol. The molecule has 0 spiro atoms. The van der Waals surface area contributed by atoms with E-state index in [1.54, 1.807) is 33.4 Å². The summed E-state index contributed by atoms with van der Waals surface area (Å²) in [7, 11) is 5.69. The van der Waals surface area contributed by atoms with E-state index in [4.69, 9.17) is 0 Å². The zero-order chi connectivity index (χ0) is 40.0. The fraction of sp³-hybridized carbons (Fsp3) is 0.811. The Hall–Kier alpha value is -1.16. The topological polar surface area (TPSA) is 3.24 Å². The van der Waals surface area contributed by atoms with Crippen LogP contribution in [-0.2, 0) is 18.3 Å². The van der Waals surface area contributed by atoms with E-state index >= 15 is 0 Å². The molecule has 316 valence electrons. The van der Waals surface area contributed by atoms with Gasteiger partial charge in [0, 0.05) is 11.5 Å². The highest BCUT2D eigenvalue weighted by atomic mass is 28.3. The molecule has 4 atom stereocenters.